The predicted octanol–water partition coefficient (Wildman–Crippen LogP) is 4.45. The lowest BCUT2D eigenvalue weighted by atomic mass is 9.71. The molecule has 8 rings (SSSR count). The third-order valence-corrected chi connectivity index (χ3v) is 8.94. The summed E-state index contributed by atoms with van der Waals surface area (Å²) in [6, 6.07) is 18.4. The van der Waals surface area contributed by atoms with Crippen molar-refractivity contribution in [2.24, 2.45) is 5.92 Å². The van der Waals surface area contributed by atoms with Crippen molar-refractivity contribution in [1.82, 2.24) is 14.4 Å². The van der Waals surface area contributed by atoms with Crippen molar-refractivity contribution in [3.05, 3.63) is 70.9 Å². The number of aryl methyl sites for hydroxylation is 1. The molecule has 1 aromatic heterocycles. The van der Waals surface area contributed by atoms with Crippen LogP contribution in [0.15, 0.2) is 48.5 Å². The number of aromatic nitrogens is 1. The van der Waals surface area contributed by atoms with Crippen molar-refractivity contribution in [2.45, 2.75) is 56.8 Å². The highest BCUT2D eigenvalue weighted by atomic mass is 16.3. The molecule has 0 spiro atoms. The Morgan fingerprint density at radius 1 is 0.938 bits per heavy atom. The Labute approximate surface area is 190 Å². The molecule has 2 bridgehead atoms. The van der Waals surface area contributed by atoms with E-state index in [0.717, 1.165) is 57.7 Å². The third-order valence-electron chi connectivity index (χ3n) is 8.94. The van der Waals surface area contributed by atoms with Crippen LogP contribution in [0.3, 0.4) is 0 Å². The lowest BCUT2D eigenvalue weighted by Crippen LogP contribution is -2.57. The van der Waals surface area contributed by atoms with Gasteiger partial charge < -0.3 is 14.6 Å². The standard InChI is InChI=1S/C28H33N3O/c32-28(19-29-13-11-21(28)12-14-29)22-9-10-25-24(17-22)23-7-4-8-26-27(23)31(25)16-15-30(26)18-20-5-2-1-3-6-20/h1-3,5-6,9-10,17,21,26,32H,4,7-8,11-16,18-19H2. The van der Waals surface area contributed by atoms with Gasteiger partial charge in [0.2, 0.25) is 0 Å². The predicted molar refractivity (Wildman–Crippen MR) is 128 cm³/mol. The van der Waals surface area contributed by atoms with Gasteiger partial charge in [0.1, 0.15) is 5.60 Å². The van der Waals surface area contributed by atoms with Gasteiger partial charge in [0, 0.05) is 42.8 Å². The van der Waals surface area contributed by atoms with Gasteiger partial charge in [-0.15, -0.1) is 0 Å². The topological polar surface area (TPSA) is 31.6 Å². The maximum absolute atomic E-state index is 11.8. The summed E-state index contributed by atoms with van der Waals surface area (Å²) in [4.78, 5) is 5.16. The van der Waals surface area contributed by atoms with Crippen LogP contribution in [-0.2, 0) is 25.1 Å². The first-order valence-corrected chi connectivity index (χ1v) is 12.6. The number of benzene rings is 2. The average Bonchev–Trinajstić information content (AvgIpc) is 3.17. The molecule has 4 aliphatic heterocycles. The molecule has 166 valence electrons. The molecule has 3 fully saturated rings. The van der Waals surface area contributed by atoms with E-state index < -0.39 is 5.60 Å². The highest BCUT2D eigenvalue weighted by molar-refractivity contribution is 5.87. The summed E-state index contributed by atoms with van der Waals surface area (Å²) < 4.78 is 2.61. The highest BCUT2D eigenvalue weighted by Crippen LogP contribution is 2.46. The number of piperidine rings is 3. The fourth-order valence-corrected chi connectivity index (χ4v) is 7.32. The fourth-order valence-electron chi connectivity index (χ4n) is 7.32. The fraction of sp³-hybridized carbons (Fsp3) is 0.500. The van der Waals surface area contributed by atoms with Crippen LogP contribution in [0.25, 0.3) is 10.9 Å². The third kappa shape index (κ3) is 2.79. The van der Waals surface area contributed by atoms with Gasteiger partial charge in [0.05, 0.1) is 6.04 Å². The number of hydrogen-bond donors (Lipinski definition) is 1. The Morgan fingerprint density at radius 2 is 1.78 bits per heavy atom. The Bertz CT molecular complexity index is 1160. The molecular weight excluding hydrogens is 394 g/mol. The van der Waals surface area contributed by atoms with Gasteiger partial charge >= 0.3 is 0 Å². The number of rotatable bonds is 3. The Morgan fingerprint density at radius 3 is 2.56 bits per heavy atom. The van der Waals surface area contributed by atoms with Crippen molar-refractivity contribution in [1.29, 1.82) is 0 Å². The first-order chi connectivity index (χ1) is 15.7. The number of fused-ring (bicyclic) bond motifs is 6. The lowest BCUT2D eigenvalue weighted by Gasteiger charge is -2.50. The average molecular weight is 428 g/mol. The van der Waals surface area contributed by atoms with E-state index in [1.165, 1.54) is 35.7 Å². The molecule has 2 aromatic carbocycles. The summed E-state index contributed by atoms with van der Waals surface area (Å²) >= 11 is 0. The van der Waals surface area contributed by atoms with Gasteiger partial charge in [-0.25, -0.2) is 0 Å². The molecule has 1 N–H and O–H groups in total. The molecule has 0 saturated carbocycles. The molecule has 3 aromatic rings. The van der Waals surface area contributed by atoms with Crippen molar-refractivity contribution in [2.75, 3.05) is 26.2 Å². The van der Waals surface area contributed by atoms with Crippen LogP contribution in [-0.4, -0.2) is 45.7 Å². The zero-order chi connectivity index (χ0) is 21.3. The molecule has 5 heterocycles. The molecule has 32 heavy (non-hydrogen) atoms. The van der Waals surface area contributed by atoms with Crippen LogP contribution in [0.1, 0.15) is 54.1 Å². The molecule has 5 aliphatic rings. The van der Waals surface area contributed by atoms with E-state index in [9.17, 15) is 5.11 Å². The highest BCUT2D eigenvalue weighted by Gasteiger charge is 2.47. The Kier molecular flexibility index (Phi) is 4.34. The summed E-state index contributed by atoms with van der Waals surface area (Å²) in [5.41, 5.74) is 6.40. The second kappa shape index (κ2) is 7.18. The SMILES string of the molecule is OC1(c2ccc3c(c2)c2c4n3CCN(Cc3ccccc3)C4CCC2)CN2CCC1CC2. The molecule has 2 unspecified atom stereocenters. The zero-order valence-electron chi connectivity index (χ0n) is 18.8. The van der Waals surface area contributed by atoms with Crippen LogP contribution in [0, 0.1) is 5.92 Å². The van der Waals surface area contributed by atoms with Crippen molar-refractivity contribution < 1.29 is 5.11 Å². The smallest absolute Gasteiger partial charge is 0.105 e. The van der Waals surface area contributed by atoms with Crippen molar-refractivity contribution in [3.63, 3.8) is 0 Å². The maximum Gasteiger partial charge on any atom is 0.105 e. The number of aliphatic hydroxyl groups is 1. The number of nitrogens with zero attached hydrogens (tertiary/aromatic N) is 3. The Hall–Kier alpha value is -2.14. The summed E-state index contributed by atoms with van der Waals surface area (Å²) in [5, 5.41) is 13.2. The van der Waals surface area contributed by atoms with Gasteiger partial charge in [-0.1, -0.05) is 36.4 Å². The summed E-state index contributed by atoms with van der Waals surface area (Å²) in [6.07, 6.45) is 5.94. The van der Waals surface area contributed by atoms with E-state index in [1.54, 1.807) is 11.3 Å². The molecular formula is C28H33N3O. The van der Waals surface area contributed by atoms with Gasteiger partial charge in [-0.2, -0.15) is 0 Å². The second-order valence-corrected chi connectivity index (χ2v) is 10.6. The van der Waals surface area contributed by atoms with E-state index in [0.29, 0.717) is 12.0 Å². The first kappa shape index (κ1) is 19.3. The minimum absolute atomic E-state index is 0.410. The van der Waals surface area contributed by atoms with Crippen LogP contribution in [0.5, 0.6) is 0 Å². The zero-order valence-corrected chi connectivity index (χ0v) is 18.8. The van der Waals surface area contributed by atoms with E-state index >= 15 is 0 Å². The van der Waals surface area contributed by atoms with Gasteiger partial charge in [0.25, 0.3) is 0 Å². The van der Waals surface area contributed by atoms with Gasteiger partial charge in [-0.05, 0) is 79.9 Å². The molecule has 4 heteroatoms. The summed E-state index contributed by atoms with van der Waals surface area (Å²) in [5.74, 6) is 0.410. The minimum Gasteiger partial charge on any atom is -0.384 e. The van der Waals surface area contributed by atoms with Gasteiger partial charge in [-0.3, -0.25) is 4.90 Å². The normalized spacial score (nSPS) is 31.7. The quantitative estimate of drug-likeness (QED) is 0.670. The van der Waals surface area contributed by atoms with E-state index in [2.05, 4.69) is 62.9 Å². The van der Waals surface area contributed by atoms with Crippen LogP contribution in [0.2, 0.25) is 0 Å². The van der Waals surface area contributed by atoms with Gasteiger partial charge in [0.15, 0.2) is 0 Å². The molecule has 4 nitrogen and oxygen atoms in total. The summed E-state index contributed by atoms with van der Waals surface area (Å²) in [6.45, 7) is 6.32. The van der Waals surface area contributed by atoms with Crippen LogP contribution in [0.4, 0.5) is 0 Å². The number of hydrogen-bond acceptors (Lipinski definition) is 3. The monoisotopic (exact) mass is 427 g/mol. The molecule has 0 radical (unpaired) electrons. The van der Waals surface area contributed by atoms with E-state index in [4.69, 9.17) is 0 Å². The lowest BCUT2D eigenvalue weighted by molar-refractivity contribution is -0.117. The second-order valence-electron chi connectivity index (χ2n) is 10.6. The molecule has 0 amide bonds. The van der Waals surface area contributed by atoms with E-state index in [1.807, 2.05) is 0 Å². The summed E-state index contributed by atoms with van der Waals surface area (Å²) in [7, 11) is 0. The molecule has 1 aliphatic carbocycles. The van der Waals surface area contributed by atoms with Crippen molar-refractivity contribution in [3.8, 4) is 0 Å². The largest absolute Gasteiger partial charge is 0.384 e. The van der Waals surface area contributed by atoms with Crippen molar-refractivity contribution >= 4 is 10.9 Å². The van der Waals surface area contributed by atoms with E-state index in [-0.39, 0.29) is 0 Å². The molecule has 2 atom stereocenters. The van der Waals surface area contributed by atoms with Crippen LogP contribution < -0.4 is 0 Å². The Balaban J connectivity index is 1.29. The van der Waals surface area contributed by atoms with Crippen LogP contribution >= 0.6 is 0 Å². The first-order valence-electron chi connectivity index (χ1n) is 12.6. The minimum atomic E-state index is -0.673. The maximum atomic E-state index is 11.8. The molecule has 3 saturated heterocycles.